The van der Waals surface area contributed by atoms with Crippen molar-refractivity contribution in [3.63, 3.8) is 0 Å². The van der Waals surface area contributed by atoms with Gasteiger partial charge in [-0.3, -0.25) is 4.79 Å². The summed E-state index contributed by atoms with van der Waals surface area (Å²) in [5.41, 5.74) is 1.58. The number of halogens is 1. The van der Waals surface area contributed by atoms with Gasteiger partial charge in [0.2, 0.25) is 0 Å². The van der Waals surface area contributed by atoms with Crippen LogP contribution in [0.5, 0.6) is 5.75 Å². The van der Waals surface area contributed by atoms with Crippen LogP contribution in [0.15, 0.2) is 42.5 Å². The number of hydrogen-bond donors (Lipinski definition) is 2. The normalized spacial score (nSPS) is 10.1. The van der Waals surface area contributed by atoms with E-state index in [1.165, 1.54) is 24.3 Å². The van der Waals surface area contributed by atoms with Gasteiger partial charge in [-0.2, -0.15) is 0 Å². The van der Waals surface area contributed by atoms with Crippen LogP contribution in [0.25, 0.3) is 0 Å². The SMILES string of the molecule is Cc1ccc(Cl)cc1NC(=O)COC(=O)c1cccc(O)c1. The fraction of sp³-hybridized carbons (Fsp3) is 0.125. The Hall–Kier alpha value is -2.53. The van der Waals surface area contributed by atoms with Gasteiger partial charge in [0.1, 0.15) is 5.75 Å². The maximum atomic E-state index is 11.8. The highest BCUT2D eigenvalue weighted by atomic mass is 35.5. The third-order valence-electron chi connectivity index (χ3n) is 2.89. The van der Waals surface area contributed by atoms with Gasteiger partial charge in [-0.15, -0.1) is 0 Å². The number of hydrogen-bond acceptors (Lipinski definition) is 4. The number of anilines is 1. The molecular weight excluding hydrogens is 306 g/mol. The topological polar surface area (TPSA) is 75.6 Å². The summed E-state index contributed by atoms with van der Waals surface area (Å²) in [5, 5.41) is 12.4. The number of amides is 1. The van der Waals surface area contributed by atoms with Crippen LogP contribution in [0.1, 0.15) is 15.9 Å². The summed E-state index contributed by atoms with van der Waals surface area (Å²) in [6, 6.07) is 10.8. The first kappa shape index (κ1) is 15.9. The lowest BCUT2D eigenvalue weighted by Gasteiger charge is -2.09. The quantitative estimate of drug-likeness (QED) is 0.849. The Morgan fingerprint density at radius 1 is 1.23 bits per heavy atom. The molecule has 0 unspecified atom stereocenters. The maximum Gasteiger partial charge on any atom is 0.338 e. The highest BCUT2D eigenvalue weighted by Gasteiger charge is 2.11. The lowest BCUT2D eigenvalue weighted by atomic mass is 10.2. The second-order valence-electron chi connectivity index (χ2n) is 4.63. The van der Waals surface area contributed by atoms with Crippen LogP contribution in [0.3, 0.4) is 0 Å². The lowest BCUT2D eigenvalue weighted by molar-refractivity contribution is -0.119. The van der Waals surface area contributed by atoms with Gasteiger partial charge in [0.15, 0.2) is 6.61 Å². The Morgan fingerprint density at radius 3 is 2.73 bits per heavy atom. The van der Waals surface area contributed by atoms with Crippen LogP contribution >= 0.6 is 11.6 Å². The summed E-state index contributed by atoms with van der Waals surface area (Å²) < 4.78 is 4.89. The van der Waals surface area contributed by atoms with E-state index in [2.05, 4.69) is 5.32 Å². The van der Waals surface area contributed by atoms with Crippen LogP contribution in [0.2, 0.25) is 5.02 Å². The van der Waals surface area contributed by atoms with Gasteiger partial charge in [-0.25, -0.2) is 4.79 Å². The molecule has 0 aliphatic rings. The number of benzene rings is 2. The molecule has 0 bridgehead atoms. The van der Waals surface area contributed by atoms with Crippen LogP contribution in [-0.2, 0) is 9.53 Å². The minimum absolute atomic E-state index is 0.0477. The van der Waals surface area contributed by atoms with Crippen LogP contribution in [-0.4, -0.2) is 23.6 Å². The molecule has 2 rings (SSSR count). The van der Waals surface area contributed by atoms with Crippen molar-refractivity contribution in [1.82, 2.24) is 0 Å². The first-order chi connectivity index (χ1) is 10.5. The number of phenols is 1. The molecule has 114 valence electrons. The van der Waals surface area contributed by atoms with E-state index in [0.717, 1.165) is 5.56 Å². The first-order valence-electron chi connectivity index (χ1n) is 6.48. The molecular formula is C16H14ClNO4. The van der Waals surface area contributed by atoms with Crippen molar-refractivity contribution in [3.05, 3.63) is 58.6 Å². The summed E-state index contributed by atoms with van der Waals surface area (Å²) in [6.07, 6.45) is 0. The van der Waals surface area contributed by atoms with Crippen molar-refractivity contribution in [1.29, 1.82) is 0 Å². The summed E-state index contributed by atoms with van der Waals surface area (Å²) in [5.74, 6) is -1.21. The molecule has 22 heavy (non-hydrogen) atoms. The zero-order valence-electron chi connectivity index (χ0n) is 11.8. The van der Waals surface area contributed by atoms with Gasteiger partial charge in [0.05, 0.1) is 5.56 Å². The largest absolute Gasteiger partial charge is 0.508 e. The zero-order chi connectivity index (χ0) is 16.1. The number of aryl methyl sites for hydroxylation is 1. The molecule has 0 aromatic heterocycles. The number of carbonyl (C=O) groups excluding carboxylic acids is 2. The van der Waals surface area contributed by atoms with Crippen LogP contribution < -0.4 is 5.32 Å². The molecule has 5 nitrogen and oxygen atoms in total. The molecule has 0 heterocycles. The summed E-state index contributed by atoms with van der Waals surface area (Å²) in [6.45, 7) is 1.39. The maximum absolute atomic E-state index is 11.8. The van der Waals surface area contributed by atoms with Gasteiger partial charge >= 0.3 is 5.97 Å². The van der Waals surface area contributed by atoms with Gasteiger partial charge in [0.25, 0.3) is 5.91 Å². The molecule has 6 heteroatoms. The number of nitrogens with one attached hydrogen (secondary N) is 1. The monoisotopic (exact) mass is 319 g/mol. The minimum Gasteiger partial charge on any atom is -0.508 e. The Morgan fingerprint density at radius 2 is 2.00 bits per heavy atom. The van der Waals surface area contributed by atoms with Crippen molar-refractivity contribution in [2.24, 2.45) is 0 Å². The van der Waals surface area contributed by atoms with E-state index >= 15 is 0 Å². The molecule has 0 radical (unpaired) electrons. The van der Waals surface area contributed by atoms with Gasteiger partial charge in [-0.05, 0) is 42.8 Å². The average molecular weight is 320 g/mol. The van der Waals surface area contributed by atoms with E-state index in [9.17, 15) is 14.7 Å². The van der Waals surface area contributed by atoms with Crippen molar-refractivity contribution in [3.8, 4) is 5.75 Å². The molecule has 0 saturated carbocycles. The molecule has 1 amide bonds. The second kappa shape index (κ2) is 6.95. The standard InChI is InChI=1S/C16H14ClNO4/c1-10-5-6-12(17)8-14(10)18-15(20)9-22-16(21)11-3-2-4-13(19)7-11/h2-8,19H,9H2,1H3,(H,18,20). The first-order valence-corrected chi connectivity index (χ1v) is 6.85. The number of esters is 1. The van der Waals surface area contributed by atoms with E-state index in [4.69, 9.17) is 16.3 Å². The molecule has 0 aliphatic carbocycles. The Bertz CT molecular complexity index is 715. The zero-order valence-corrected chi connectivity index (χ0v) is 12.6. The van der Waals surface area contributed by atoms with Gasteiger partial charge < -0.3 is 15.2 Å². The average Bonchev–Trinajstić information content (AvgIpc) is 2.48. The smallest absolute Gasteiger partial charge is 0.338 e. The number of ether oxygens (including phenoxy) is 1. The van der Waals surface area contributed by atoms with Crippen LogP contribution in [0.4, 0.5) is 5.69 Å². The molecule has 0 aliphatic heterocycles. The third-order valence-corrected chi connectivity index (χ3v) is 3.13. The fourth-order valence-corrected chi connectivity index (χ4v) is 1.93. The third kappa shape index (κ3) is 4.23. The number of carbonyl (C=O) groups is 2. The van der Waals surface area contributed by atoms with E-state index < -0.39 is 18.5 Å². The number of rotatable bonds is 4. The summed E-state index contributed by atoms with van der Waals surface area (Å²) in [4.78, 5) is 23.5. The van der Waals surface area contributed by atoms with E-state index in [-0.39, 0.29) is 11.3 Å². The Kier molecular flexibility index (Phi) is 5.01. The lowest BCUT2D eigenvalue weighted by Crippen LogP contribution is -2.21. The fourth-order valence-electron chi connectivity index (χ4n) is 1.76. The highest BCUT2D eigenvalue weighted by Crippen LogP contribution is 2.20. The number of phenolic OH excluding ortho intramolecular Hbond substituents is 1. The molecule has 2 aromatic carbocycles. The molecule has 0 saturated heterocycles. The van der Waals surface area contributed by atoms with E-state index in [0.29, 0.717) is 10.7 Å². The van der Waals surface area contributed by atoms with Crippen molar-refractivity contribution in [2.45, 2.75) is 6.92 Å². The highest BCUT2D eigenvalue weighted by molar-refractivity contribution is 6.31. The minimum atomic E-state index is -0.686. The van der Waals surface area contributed by atoms with Gasteiger partial charge in [-0.1, -0.05) is 23.7 Å². The molecule has 0 fully saturated rings. The van der Waals surface area contributed by atoms with Crippen molar-refractivity contribution >= 4 is 29.2 Å². The van der Waals surface area contributed by atoms with E-state index in [1.807, 2.05) is 6.92 Å². The van der Waals surface area contributed by atoms with Crippen molar-refractivity contribution in [2.75, 3.05) is 11.9 Å². The summed E-state index contributed by atoms with van der Waals surface area (Å²) in [7, 11) is 0. The predicted octanol–water partition coefficient (Wildman–Crippen LogP) is 3.15. The Balaban J connectivity index is 1.93. The second-order valence-corrected chi connectivity index (χ2v) is 5.07. The van der Waals surface area contributed by atoms with Crippen LogP contribution in [0, 0.1) is 6.92 Å². The molecule has 2 N–H and O–H groups in total. The van der Waals surface area contributed by atoms with E-state index in [1.54, 1.807) is 18.2 Å². The number of aromatic hydroxyl groups is 1. The predicted molar refractivity (Wildman–Crippen MR) is 83.2 cm³/mol. The molecule has 0 spiro atoms. The Labute approximate surface area is 132 Å². The molecule has 2 aromatic rings. The van der Waals surface area contributed by atoms with Crippen molar-refractivity contribution < 1.29 is 19.4 Å². The summed E-state index contributed by atoms with van der Waals surface area (Å²) >= 11 is 5.86. The van der Waals surface area contributed by atoms with Gasteiger partial charge in [0, 0.05) is 10.7 Å². The molecule has 0 atom stereocenters.